The van der Waals surface area contributed by atoms with Gasteiger partial charge >= 0.3 is 5.97 Å². The second-order valence-electron chi connectivity index (χ2n) is 4.59. The second-order valence-corrected chi connectivity index (χ2v) is 4.59. The van der Waals surface area contributed by atoms with Crippen molar-refractivity contribution in [2.24, 2.45) is 5.92 Å². The molecule has 1 N–H and O–H groups in total. The molecule has 0 aliphatic rings. The maximum absolute atomic E-state index is 11.7. The highest BCUT2D eigenvalue weighted by atomic mass is 16.5. The molecule has 106 valence electrons. The summed E-state index contributed by atoms with van der Waals surface area (Å²) in [5.41, 5.74) is 0.771. The fourth-order valence-corrected chi connectivity index (χ4v) is 1.57. The zero-order valence-electron chi connectivity index (χ0n) is 11.8. The summed E-state index contributed by atoms with van der Waals surface area (Å²) >= 11 is 0. The summed E-state index contributed by atoms with van der Waals surface area (Å²) in [6, 6.07) is 0. The molecule has 0 atom stereocenters. The third-order valence-corrected chi connectivity index (χ3v) is 2.55. The van der Waals surface area contributed by atoms with Crippen LogP contribution in [0.4, 0.5) is 0 Å². The van der Waals surface area contributed by atoms with E-state index in [-0.39, 0.29) is 18.1 Å². The van der Waals surface area contributed by atoms with Gasteiger partial charge in [0.05, 0.1) is 12.8 Å². The van der Waals surface area contributed by atoms with Gasteiger partial charge in [-0.2, -0.15) is 0 Å². The van der Waals surface area contributed by atoms with E-state index in [1.165, 1.54) is 11.8 Å². The first-order chi connectivity index (χ1) is 8.99. The Morgan fingerprint density at radius 1 is 1.42 bits per heavy atom. The Morgan fingerprint density at radius 2 is 2.11 bits per heavy atom. The van der Waals surface area contributed by atoms with Gasteiger partial charge < -0.3 is 10.1 Å². The topological polar surface area (TPSA) is 86.1 Å². The number of nitrogens with one attached hydrogen (secondary N) is 1. The van der Waals surface area contributed by atoms with Crippen molar-refractivity contribution in [1.29, 1.82) is 0 Å². The molecule has 0 aliphatic heterocycles. The van der Waals surface area contributed by atoms with Crippen LogP contribution < -0.4 is 5.32 Å². The van der Waals surface area contributed by atoms with Crippen LogP contribution in [0.3, 0.4) is 0 Å². The maximum Gasteiger partial charge on any atom is 0.360 e. The van der Waals surface area contributed by atoms with Crippen LogP contribution in [0.2, 0.25) is 0 Å². The number of carbonyl (C=O) groups is 2. The van der Waals surface area contributed by atoms with Crippen LogP contribution in [0.1, 0.15) is 37.0 Å². The number of amides is 1. The highest BCUT2D eigenvalue weighted by Gasteiger charge is 2.20. The Kier molecular flexibility index (Phi) is 5.47. The molecule has 1 heterocycles. The Balaban J connectivity index is 2.76. The van der Waals surface area contributed by atoms with Gasteiger partial charge in [-0.15, -0.1) is 5.10 Å². The summed E-state index contributed by atoms with van der Waals surface area (Å²) in [6.45, 7) is 6.57. The zero-order valence-corrected chi connectivity index (χ0v) is 11.8. The molecule has 0 saturated carbocycles. The number of aromatic nitrogens is 3. The molecule has 1 amide bonds. The van der Waals surface area contributed by atoms with Crippen LogP contribution in [-0.2, 0) is 22.5 Å². The monoisotopic (exact) mass is 268 g/mol. The van der Waals surface area contributed by atoms with E-state index < -0.39 is 5.97 Å². The van der Waals surface area contributed by atoms with Gasteiger partial charge in [-0.3, -0.25) is 4.79 Å². The van der Waals surface area contributed by atoms with Gasteiger partial charge in [-0.1, -0.05) is 26.0 Å². The predicted octanol–water partition coefficient (Wildman–Crippen LogP) is 0.399. The first-order valence-electron chi connectivity index (χ1n) is 6.26. The molecule has 0 fully saturated rings. The van der Waals surface area contributed by atoms with Gasteiger partial charge in [0, 0.05) is 6.54 Å². The number of hydrogen-bond acceptors (Lipinski definition) is 5. The van der Waals surface area contributed by atoms with E-state index in [4.69, 9.17) is 0 Å². The molecule has 0 bridgehead atoms. The first-order valence-corrected chi connectivity index (χ1v) is 6.26. The van der Waals surface area contributed by atoms with E-state index in [2.05, 4.69) is 20.4 Å². The lowest BCUT2D eigenvalue weighted by Crippen LogP contribution is -2.31. The third kappa shape index (κ3) is 4.04. The lowest BCUT2D eigenvalue weighted by atomic mass is 10.2. The normalized spacial score (nSPS) is 10.6. The molecule has 0 spiro atoms. The minimum Gasteiger partial charge on any atom is -0.464 e. The molecule has 1 rings (SSSR count). The molecular weight excluding hydrogens is 248 g/mol. The van der Waals surface area contributed by atoms with Gasteiger partial charge in [-0.05, 0) is 12.3 Å². The minimum atomic E-state index is -0.536. The highest BCUT2D eigenvalue weighted by Crippen LogP contribution is 2.07. The summed E-state index contributed by atoms with van der Waals surface area (Å²) in [6.07, 6.45) is 0.550. The fraction of sp³-hybridized carbons (Fsp3) is 0.667. The van der Waals surface area contributed by atoms with E-state index in [0.29, 0.717) is 24.6 Å². The van der Waals surface area contributed by atoms with Crippen molar-refractivity contribution in [3.05, 3.63) is 11.4 Å². The molecule has 7 nitrogen and oxygen atoms in total. The number of ether oxygens (including phenoxy) is 1. The fourth-order valence-electron chi connectivity index (χ4n) is 1.57. The van der Waals surface area contributed by atoms with Crippen molar-refractivity contribution < 1.29 is 14.3 Å². The molecule has 0 unspecified atom stereocenters. The van der Waals surface area contributed by atoms with Crippen molar-refractivity contribution in [3.63, 3.8) is 0 Å². The van der Waals surface area contributed by atoms with Gasteiger partial charge in [0.2, 0.25) is 5.91 Å². The quantitative estimate of drug-likeness (QED) is 0.755. The minimum absolute atomic E-state index is 0.0554. The van der Waals surface area contributed by atoms with Crippen molar-refractivity contribution in [1.82, 2.24) is 20.3 Å². The predicted molar refractivity (Wildman–Crippen MR) is 68.6 cm³/mol. The zero-order chi connectivity index (χ0) is 14.4. The standard InChI is InChI=1S/C12H20N4O3/c1-5-9-11(12(18)19-4)14-15-16(9)7-10(17)13-6-8(2)3/h8H,5-7H2,1-4H3,(H,13,17). The van der Waals surface area contributed by atoms with Crippen molar-refractivity contribution in [2.45, 2.75) is 33.7 Å². The van der Waals surface area contributed by atoms with E-state index in [1.807, 2.05) is 20.8 Å². The number of esters is 1. The smallest absolute Gasteiger partial charge is 0.360 e. The molecule has 1 aromatic heterocycles. The van der Waals surface area contributed by atoms with Crippen LogP contribution in [0.5, 0.6) is 0 Å². The molecule has 0 aromatic carbocycles. The largest absolute Gasteiger partial charge is 0.464 e. The molecule has 19 heavy (non-hydrogen) atoms. The summed E-state index contributed by atoms with van der Waals surface area (Å²) < 4.78 is 6.05. The SMILES string of the molecule is CCc1c(C(=O)OC)nnn1CC(=O)NCC(C)C. The molecular formula is C12H20N4O3. The number of rotatable bonds is 6. The summed E-state index contributed by atoms with van der Waals surface area (Å²) in [5.74, 6) is -0.300. The molecule has 0 aliphatic carbocycles. The van der Waals surface area contributed by atoms with Crippen LogP contribution in [0.25, 0.3) is 0 Å². The second kappa shape index (κ2) is 6.86. The summed E-state index contributed by atoms with van der Waals surface area (Å²) in [5, 5.41) is 10.4. The van der Waals surface area contributed by atoms with Crippen molar-refractivity contribution in [2.75, 3.05) is 13.7 Å². The maximum atomic E-state index is 11.7. The van der Waals surface area contributed by atoms with Gasteiger partial charge in [0.1, 0.15) is 6.54 Å². The number of hydrogen-bond donors (Lipinski definition) is 1. The van der Waals surface area contributed by atoms with Crippen LogP contribution in [0, 0.1) is 5.92 Å². The lowest BCUT2D eigenvalue weighted by Gasteiger charge is -2.08. The lowest BCUT2D eigenvalue weighted by molar-refractivity contribution is -0.122. The summed E-state index contributed by atoms with van der Waals surface area (Å²) in [7, 11) is 1.29. The van der Waals surface area contributed by atoms with Crippen LogP contribution in [-0.4, -0.2) is 40.5 Å². The summed E-state index contributed by atoms with van der Waals surface area (Å²) in [4.78, 5) is 23.2. The number of nitrogens with zero attached hydrogens (tertiary/aromatic N) is 3. The van der Waals surface area contributed by atoms with Crippen LogP contribution in [0.15, 0.2) is 0 Å². The Morgan fingerprint density at radius 3 is 2.63 bits per heavy atom. The van der Waals surface area contributed by atoms with Gasteiger partial charge in [-0.25, -0.2) is 9.48 Å². The van der Waals surface area contributed by atoms with Crippen molar-refractivity contribution >= 4 is 11.9 Å². The highest BCUT2D eigenvalue weighted by molar-refractivity contribution is 5.88. The Bertz CT molecular complexity index is 454. The van der Waals surface area contributed by atoms with E-state index >= 15 is 0 Å². The average Bonchev–Trinajstić information content (AvgIpc) is 2.78. The molecule has 7 heteroatoms. The van der Waals surface area contributed by atoms with Crippen molar-refractivity contribution in [3.8, 4) is 0 Å². The Hall–Kier alpha value is -1.92. The first kappa shape index (κ1) is 15.1. The third-order valence-electron chi connectivity index (χ3n) is 2.55. The molecule has 1 aromatic rings. The van der Waals surface area contributed by atoms with E-state index in [9.17, 15) is 9.59 Å². The number of carbonyl (C=O) groups excluding carboxylic acids is 2. The molecule has 0 saturated heterocycles. The average molecular weight is 268 g/mol. The van der Waals surface area contributed by atoms with Crippen LogP contribution >= 0.6 is 0 Å². The molecule has 0 radical (unpaired) electrons. The van der Waals surface area contributed by atoms with E-state index in [0.717, 1.165) is 0 Å². The van der Waals surface area contributed by atoms with Gasteiger partial charge in [0.15, 0.2) is 5.69 Å². The van der Waals surface area contributed by atoms with Gasteiger partial charge in [0.25, 0.3) is 0 Å². The number of methoxy groups -OCH3 is 1. The Labute approximate surface area is 112 Å². The van der Waals surface area contributed by atoms with E-state index in [1.54, 1.807) is 0 Å².